The molecule has 0 amide bonds. The lowest BCUT2D eigenvalue weighted by molar-refractivity contribution is -0.156. The first-order valence-corrected chi connectivity index (χ1v) is 4.40. The highest BCUT2D eigenvalue weighted by molar-refractivity contribution is 6.21. The van der Waals surface area contributed by atoms with Gasteiger partial charge in [-0.2, -0.15) is 0 Å². The molecule has 0 spiro atoms. The van der Waals surface area contributed by atoms with Crippen LogP contribution in [0.5, 0.6) is 0 Å². The zero-order valence-corrected chi connectivity index (χ0v) is 8.10. The Balaban J connectivity index is 2.46. The molecule has 1 saturated heterocycles. The van der Waals surface area contributed by atoms with E-state index in [2.05, 4.69) is 5.92 Å². The zero-order valence-electron chi connectivity index (χ0n) is 7.34. The predicted molar refractivity (Wildman–Crippen MR) is 48.0 cm³/mol. The summed E-state index contributed by atoms with van der Waals surface area (Å²) < 4.78 is 10.7. The van der Waals surface area contributed by atoms with Crippen LogP contribution in [-0.4, -0.2) is 23.9 Å². The van der Waals surface area contributed by atoms with E-state index in [0.29, 0.717) is 6.61 Å². The van der Waals surface area contributed by atoms with Crippen molar-refractivity contribution in [3.63, 3.8) is 0 Å². The third-order valence-electron chi connectivity index (χ3n) is 1.73. The van der Waals surface area contributed by atoms with Gasteiger partial charge < -0.3 is 9.47 Å². The van der Waals surface area contributed by atoms with E-state index in [4.69, 9.17) is 27.5 Å². The Morgan fingerprint density at radius 2 is 2.33 bits per heavy atom. The quantitative estimate of drug-likeness (QED) is 0.486. The van der Waals surface area contributed by atoms with E-state index in [0.717, 1.165) is 6.42 Å². The van der Waals surface area contributed by atoms with Crippen LogP contribution in [0.25, 0.3) is 0 Å². The molecule has 1 rings (SSSR count). The van der Waals surface area contributed by atoms with Crippen molar-refractivity contribution in [2.45, 2.75) is 37.5 Å². The summed E-state index contributed by atoms with van der Waals surface area (Å²) in [6.45, 7) is 4.29. The molecule has 3 heteroatoms. The highest BCUT2D eigenvalue weighted by atomic mass is 35.5. The molecule has 0 aliphatic carbocycles. The normalized spacial score (nSPS) is 30.2. The summed E-state index contributed by atoms with van der Waals surface area (Å²) in [7, 11) is 0. The van der Waals surface area contributed by atoms with Crippen LogP contribution in [0.4, 0.5) is 0 Å². The molecule has 68 valence electrons. The van der Waals surface area contributed by atoms with Crippen molar-refractivity contribution in [1.29, 1.82) is 0 Å². The Bertz CT molecular complexity index is 195. The molecule has 1 aliphatic rings. The Morgan fingerprint density at radius 3 is 2.75 bits per heavy atom. The summed E-state index contributed by atoms with van der Waals surface area (Å²) in [4.78, 5) is 0. The molecule has 0 N–H and O–H groups in total. The smallest absolute Gasteiger partial charge is 0.175 e. The number of hydrogen-bond donors (Lipinski definition) is 0. The SMILES string of the molecule is C#CC(C)(C)OC1OCCC1Cl. The van der Waals surface area contributed by atoms with E-state index in [1.54, 1.807) is 0 Å². The Kier molecular flexibility index (Phi) is 3.00. The molecular weight excluding hydrogens is 176 g/mol. The number of hydrogen-bond acceptors (Lipinski definition) is 2. The van der Waals surface area contributed by atoms with Crippen molar-refractivity contribution in [3.05, 3.63) is 0 Å². The van der Waals surface area contributed by atoms with E-state index in [9.17, 15) is 0 Å². The van der Waals surface area contributed by atoms with Gasteiger partial charge >= 0.3 is 0 Å². The van der Waals surface area contributed by atoms with Crippen LogP contribution < -0.4 is 0 Å². The van der Waals surface area contributed by atoms with E-state index in [1.165, 1.54) is 0 Å². The molecule has 0 radical (unpaired) electrons. The van der Waals surface area contributed by atoms with Crippen LogP contribution >= 0.6 is 11.6 Å². The Hall–Kier alpha value is -0.230. The summed E-state index contributed by atoms with van der Waals surface area (Å²) in [5.74, 6) is 2.53. The molecule has 2 nitrogen and oxygen atoms in total. The first-order valence-electron chi connectivity index (χ1n) is 3.96. The minimum Gasteiger partial charge on any atom is -0.351 e. The minimum absolute atomic E-state index is 0.0716. The minimum atomic E-state index is -0.595. The van der Waals surface area contributed by atoms with Gasteiger partial charge in [-0.3, -0.25) is 0 Å². The number of terminal acetylenes is 1. The predicted octanol–water partition coefficient (Wildman–Crippen LogP) is 1.77. The van der Waals surface area contributed by atoms with Crippen molar-refractivity contribution in [2.75, 3.05) is 6.61 Å². The molecule has 1 aliphatic heterocycles. The summed E-state index contributed by atoms with van der Waals surface area (Å²) in [5.41, 5.74) is -0.595. The van der Waals surface area contributed by atoms with Crippen molar-refractivity contribution in [2.24, 2.45) is 0 Å². The standard InChI is InChI=1S/C9H13ClO2/c1-4-9(2,3)12-8-7(10)5-6-11-8/h1,7-8H,5-6H2,2-3H3. The molecule has 1 fully saturated rings. The summed E-state index contributed by atoms with van der Waals surface area (Å²) >= 11 is 5.92. The summed E-state index contributed by atoms with van der Waals surface area (Å²) in [6, 6.07) is 0. The molecular formula is C9H13ClO2. The maximum atomic E-state index is 5.92. The van der Waals surface area contributed by atoms with Crippen LogP contribution in [0.2, 0.25) is 0 Å². The topological polar surface area (TPSA) is 18.5 Å². The summed E-state index contributed by atoms with van der Waals surface area (Å²) in [5, 5.41) is -0.0716. The van der Waals surface area contributed by atoms with Crippen molar-refractivity contribution < 1.29 is 9.47 Å². The average Bonchev–Trinajstić information content (AvgIpc) is 2.36. The molecule has 2 atom stereocenters. The second-order valence-electron chi connectivity index (χ2n) is 3.32. The largest absolute Gasteiger partial charge is 0.351 e. The molecule has 12 heavy (non-hydrogen) atoms. The lowest BCUT2D eigenvalue weighted by Gasteiger charge is -2.24. The maximum absolute atomic E-state index is 5.92. The highest BCUT2D eigenvalue weighted by Crippen LogP contribution is 2.24. The molecule has 0 bridgehead atoms. The van der Waals surface area contributed by atoms with Gasteiger partial charge in [0.15, 0.2) is 6.29 Å². The van der Waals surface area contributed by atoms with E-state index >= 15 is 0 Å². The highest BCUT2D eigenvalue weighted by Gasteiger charge is 2.31. The molecule has 2 unspecified atom stereocenters. The van der Waals surface area contributed by atoms with E-state index in [-0.39, 0.29) is 11.7 Å². The van der Waals surface area contributed by atoms with Gasteiger partial charge in [0.1, 0.15) is 5.60 Å². The fourth-order valence-electron chi connectivity index (χ4n) is 0.970. The first kappa shape index (κ1) is 9.85. The lowest BCUT2D eigenvalue weighted by Crippen LogP contribution is -2.32. The van der Waals surface area contributed by atoms with Gasteiger partial charge in [0.05, 0.1) is 12.0 Å². The number of alkyl halides is 1. The van der Waals surface area contributed by atoms with Crippen molar-refractivity contribution in [1.82, 2.24) is 0 Å². The van der Waals surface area contributed by atoms with E-state index in [1.807, 2.05) is 13.8 Å². The van der Waals surface area contributed by atoms with Gasteiger partial charge in [-0.05, 0) is 20.3 Å². The van der Waals surface area contributed by atoms with Crippen LogP contribution in [0, 0.1) is 12.3 Å². The van der Waals surface area contributed by atoms with Crippen LogP contribution in [0.1, 0.15) is 20.3 Å². The third-order valence-corrected chi connectivity index (χ3v) is 2.15. The second-order valence-corrected chi connectivity index (χ2v) is 3.88. The maximum Gasteiger partial charge on any atom is 0.175 e. The molecule has 0 aromatic rings. The van der Waals surface area contributed by atoms with Gasteiger partial charge in [0.2, 0.25) is 0 Å². The van der Waals surface area contributed by atoms with Gasteiger partial charge in [-0.1, -0.05) is 5.92 Å². The third kappa shape index (κ3) is 2.38. The lowest BCUT2D eigenvalue weighted by atomic mass is 10.1. The van der Waals surface area contributed by atoms with Crippen LogP contribution in [-0.2, 0) is 9.47 Å². The second kappa shape index (κ2) is 3.66. The van der Waals surface area contributed by atoms with Crippen LogP contribution in [0.3, 0.4) is 0 Å². The molecule has 0 saturated carbocycles. The number of halogens is 1. The monoisotopic (exact) mass is 188 g/mol. The molecule has 0 aromatic heterocycles. The van der Waals surface area contributed by atoms with Gasteiger partial charge in [0.25, 0.3) is 0 Å². The van der Waals surface area contributed by atoms with Gasteiger partial charge in [-0.25, -0.2) is 0 Å². The zero-order chi connectivity index (χ0) is 9.19. The van der Waals surface area contributed by atoms with Crippen LogP contribution in [0.15, 0.2) is 0 Å². The number of ether oxygens (including phenoxy) is 2. The Morgan fingerprint density at radius 1 is 1.67 bits per heavy atom. The van der Waals surface area contributed by atoms with Gasteiger partial charge in [-0.15, -0.1) is 18.0 Å². The van der Waals surface area contributed by atoms with Gasteiger partial charge in [0, 0.05) is 0 Å². The average molecular weight is 189 g/mol. The fourth-order valence-corrected chi connectivity index (χ4v) is 1.18. The van der Waals surface area contributed by atoms with Crippen molar-refractivity contribution in [3.8, 4) is 12.3 Å². The van der Waals surface area contributed by atoms with E-state index < -0.39 is 5.60 Å². The molecule has 1 heterocycles. The Labute approximate surface area is 78.2 Å². The fraction of sp³-hybridized carbons (Fsp3) is 0.778. The molecule has 0 aromatic carbocycles. The number of rotatable bonds is 2. The summed E-state index contributed by atoms with van der Waals surface area (Å²) in [6.07, 6.45) is 5.73. The van der Waals surface area contributed by atoms with Crippen molar-refractivity contribution >= 4 is 11.6 Å². The first-order chi connectivity index (χ1) is 5.55.